The fourth-order valence-electron chi connectivity index (χ4n) is 1.42. The molecule has 0 unspecified atom stereocenters. The van der Waals surface area contributed by atoms with Gasteiger partial charge in [0.25, 0.3) is 0 Å². The van der Waals surface area contributed by atoms with Gasteiger partial charge in [0.05, 0.1) is 0 Å². The summed E-state index contributed by atoms with van der Waals surface area (Å²) in [5.41, 5.74) is 0. The predicted molar refractivity (Wildman–Crippen MR) is 67.5 cm³/mol. The van der Waals surface area contributed by atoms with Crippen LogP contribution in [0.25, 0.3) is 10.8 Å². The van der Waals surface area contributed by atoms with Crippen molar-refractivity contribution in [2.45, 2.75) is 0 Å². The number of halogens is 1. The quantitative estimate of drug-likeness (QED) is 0.809. The molecule has 15 heavy (non-hydrogen) atoms. The average molecular weight is 263 g/mol. The summed E-state index contributed by atoms with van der Waals surface area (Å²) in [6.07, 6.45) is 0. The molecule has 0 spiro atoms. The Hall–Kier alpha value is -1.28. The molecule has 2 rings (SSSR count). The van der Waals surface area contributed by atoms with Crippen LogP contribution in [0.2, 0.25) is 0 Å². The Balaban J connectivity index is 2.26. The van der Waals surface area contributed by atoms with Crippen molar-refractivity contribution < 1.29 is 4.74 Å². The summed E-state index contributed by atoms with van der Waals surface area (Å²) in [5.74, 6) is 0.870. The first-order valence-electron chi connectivity index (χ1n) is 4.70. The van der Waals surface area contributed by atoms with Gasteiger partial charge in [-0.05, 0) is 22.9 Å². The summed E-state index contributed by atoms with van der Waals surface area (Å²) in [4.78, 5) is 0. The molecule has 1 nitrogen and oxygen atoms in total. The van der Waals surface area contributed by atoms with E-state index in [0.29, 0.717) is 6.61 Å². The van der Waals surface area contributed by atoms with Crippen LogP contribution in [0.5, 0.6) is 5.75 Å². The molecule has 2 heteroatoms. The fourth-order valence-corrected chi connectivity index (χ4v) is 1.53. The minimum Gasteiger partial charge on any atom is -0.488 e. The minimum absolute atomic E-state index is 0.498. The molecule has 0 saturated heterocycles. The van der Waals surface area contributed by atoms with Gasteiger partial charge >= 0.3 is 0 Å². The molecule has 0 radical (unpaired) electrons. The topological polar surface area (TPSA) is 9.23 Å². The minimum atomic E-state index is 0.498. The number of hydrogen-bond acceptors (Lipinski definition) is 1. The highest BCUT2D eigenvalue weighted by Gasteiger charge is 1.96. The molecule has 0 aliphatic carbocycles. The van der Waals surface area contributed by atoms with Crippen LogP contribution in [-0.4, -0.2) is 6.61 Å². The average Bonchev–Trinajstić information content (AvgIpc) is 2.26. The Labute approximate surface area is 97.5 Å². The summed E-state index contributed by atoms with van der Waals surface area (Å²) in [6, 6.07) is 14.3. The zero-order valence-corrected chi connectivity index (χ0v) is 9.83. The Kier molecular flexibility index (Phi) is 3.07. The maximum atomic E-state index is 5.53. The van der Waals surface area contributed by atoms with Crippen molar-refractivity contribution in [2.24, 2.45) is 0 Å². The van der Waals surface area contributed by atoms with Gasteiger partial charge < -0.3 is 4.74 Å². The molecule has 2 aromatic rings. The zero-order chi connectivity index (χ0) is 10.7. The van der Waals surface area contributed by atoms with Crippen LogP contribution in [0.4, 0.5) is 0 Å². The van der Waals surface area contributed by atoms with Crippen LogP contribution in [0.15, 0.2) is 53.5 Å². The SMILES string of the molecule is C=C(Br)COc1ccc2ccccc2c1. The lowest BCUT2D eigenvalue weighted by atomic mass is 10.1. The lowest BCUT2D eigenvalue weighted by Crippen LogP contribution is -1.95. The molecule has 2 aromatic carbocycles. The van der Waals surface area contributed by atoms with Gasteiger partial charge in [0, 0.05) is 4.48 Å². The largest absolute Gasteiger partial charge is 0.488 e. The molecule has 0 aliphatic heterocycles. The van der Waals surface area contributed by atoms with Crippen molar-refractivity contribution >= 4 is 26.7 Å². The molecule has 0 aliphatic rings. The normalized spacial score (nSPS) is 10.2. The predicted octanol–water partition coefficient (Wildman–Crippen LogP) is 4.13. The van der Waals surface area contributed by atoms with Gasteiger partial charge in [-0.25, -0.2) is 0 Å². The molecule has 76 valence electrons. The van der Waals surface area contributed by atoms with E-state index in [9.17, 15) is 0 Å². The van der Waals surface area contributed by atoms with Crippen molar-refractivity contribution in [3.8, 4) is 5.75 Å². The van der Waals surface area contributed by atoms with Crippen LogP contribution >= 0.6 is 15.9 Å². The maximum absolute atomic E-state index is 5.53. The molecule has 0 bridgehead atoms. The summed E-state index contributed by atoms with van der Waals surface area (Å²) in [5, 5.41) is 2.41. The first-order chi connectivity index (χ1) is 7.25. The molecule has 0 saturated carbocycles. The van der Waals surface area contributed by atoms with Crippen LogP contribution in [-0.2, 0) is 0 Å². The highest BCUT2D eigenvalue weighted by atomic mass is 79.9. The van der Waals surface area contributed by atoms with Gasteiger partial charge in [-0.2, -0.15) is 0 Å². The Bertz CT molecular complexity index is 491. The van der Waals surface area contributed by atoms with Crippen molar-refractivity contribution in [3.63, 3.8) is 0 Å². The van der Waals surface area contributed by atoms with Gasteiger partial charge in [-0.3, -0.25) is 0 Å². The van der Waals surface area contributed by atoms with Crippen molar-refractivity contribution in [1.82, 2.24) is 0 Å². The van der Waals surface area contributed by atoms with Crippen LogP contribution in [0.1, 0.15) is 0 Å². The summed E-state index contributed by atoms with van der Waals surface area (Å²) >= 11 is 3.26. The molecule has 0 N–H and O–H groups in total. The second-order valence-corrected chi connectivity index (χ2v) is 4.44. The Morgan fingerprint density at radius 3 is 2.60 bits per heavy atom. The van der Waals surface area contributed by atoms with Gasteiger partial charge in [0.2, 0.25) is 0 Å². The van der Waals surface area contributed by atoms with E-state index in [1.54, 1.807) is 0 Å². The van der Waals surface area contributed by atoms with Gasteiger partial charge in [0.15, 0.2) is 0 Å². The van der Waals surface area contributed by atoms with E-state index in [1.165, 1.54) is 10.8 Å². The number of fused-ring (bicyclic) bond motifs is 1. The van der Waals surface area contributed by atoms with Crippen LogP contribution in [0, 0.1) is 0 Å². The first-order valence-corrected chi connectivity index (χ1v) is 5.50. The third-order valence-electron chi connectivity index (χ3n) is 2.12. The van der Waals surface area contributed by atoms with Crippen molar-refractivity contribution in [3.05, 3.63) is 53.5 Å². The number of rotatable bonds is 3. The van der Waals surface area contributed by atoms with E-state index >= 15 is 0 Å². The number of benzene rings is 2. The molecule has 0 aromatic heterocycles. The molecule has 0 amide bonds. The maximum Gasteiger partial charge on any atom is 0.120 e. The molecule has 0 fully saturated rings. The molecule has 0 atom stereocenters. The third kappa shape index (κ3) is 2.60. The van der Waals surface area contributed by atoms with E-state index in [1.807, 2.05) is 24.3 Å². The highest BCUT2D eigenvalue weighted by molar-refractivity contribution is 9.11. The summed E-state index contributed by atoms with van der Waals surface area (Å²) < 4.78 is 6.37. The van der Waals surface area contributed by atoms with Crippen molar-refractivity contribution in [2.75, 3.05) is 6.61 Å². The van der Waals surface area contributed by atoms with E-state index in [0.717, 1.165) is 10.2 Å². The number of hydrogen-bond donors (Lipinski definition) is 0. The molecular weight excluding hydrogens is 252 g/mol. The third-order valence-corrected chi connectivity index (χ3v) is 2.35. The smallest absolute Gasteiger partial charge is 0.120 e. The second kappa shape index (κ2) is 4.49. The van der Waals surface area contributed by atoms with Gasteiger partial charge in [0.1, 0.15) is 12.4 Å². The number of ether oxygens (including phenoxy) is 1. The Morgan fingerprint density at radius 1 is 1.13 bits per heavy atom. The van der Waals surface area contributed by atoms with E-state index < -0.39 is 0 Å². The molecular formula is C13H11BrO. The fraction of sp³-hybridized carbons (Fsp3) is 0.0769. The standard InChI is InChI=1S/C13H11BrO/c1-10(14)9-15-13-7-6-11-4-2-3-5-12(11)8-13/h2-8H,1,9H2. The van der Waals surface area contributed by atoms with Crippen LogP contribution in [0.3, 0.4) is 0 Å². The monoisotopic (exact) mass is 262 g/mol. The lowest BCUT2D eigenvalue weighted by molar-refractivity contribution is 0.361. The highest BCUT2D eigenvalue weighted by Crippen LogP contribution is 2.21. The van der Waals surface area contributed by atoms with E-state index in [2.05, 4.69) is 40.7 Å². The van der Waals surface area contributed by atoms with Gasteiger partial charge in [-0.1, -0.05) is 52.8 Å². The summed E-state index contributed by atoms with van der Waals surface area (Å²) in [7, 11) is 0. The van der Waals surface area contributed by atoms with Crippen molar-refractivity contribution in [1.29, 1.82) is 0 Å². The Morgan fingerprint density at radius 2 is 1.87 bits per heavy atom. The van der Waals surface area contributed by atoms with E-state index in [4.69, 9.17) is 4.74 Å². The lowest BCUT2D eigenvalue weighted by Gasteiger charge is -2.05. The molecule has 0 heterocycles. The van der Waals surface area contributed by atoms with Crippen LogP contribution < -0.4 is 4.74 Å². The second-order valence-electron chi connectivity index (χ2n) is 3.31. The summed E-state index contributed by atoms with van der Waals surface area (Å²) in [6.45, 7) is 4.22. The zero-order valence-electron chi connectivity index (χ0n) is 8.24. The van der Waals surface area contributed by atoms with Gasteiger partial charge in [-0.15, -0.1) is 0 Å². The first kappa shape index (κ1) is 10.2. The van der Waals surface area contributed by atoms with E-state index in [-0.39, 0.29) is 0 Å².